The van der Waals surface area contributed by atoms with Crippen LogP contribution in [0, 0.1) is 5.92 Å². The van der Waals surface area contributed by atoms with Crippen molar-refractivity contribution < 1.29 is 4.79 Å². The van der Waals surface area contributed by atoms with Gasteiger partial charge in [0.25, 0.3) is 0 Å². The van der Waals surface area contributed by atoms with Gasteiger partial charge in [0, 0.05) is 19.1 Å². The van der Waals surface area contributed by atoms with Crippen molar-refractivity contribution in [3.63, 3.8) is 0 Å². The van der Waals surface area contributed by atoms with E-state index in [0.717, 1.165) is 19.0 Å². The Kier molecular flexibility index (Phi) is 4.43. The molecular weight excluding hydrogens is 212 g/mol. The number of amides is 1. The lowest BCUT2D eigenvalue weighted by molar-refractivity contribution is -0.133. The zero-order chi connectivity index (χ0) is 12.3. The highest BCUT2D eigenvalue weighted by Crippen LogP contribution is 2.26. The van der Waals surface area contributed by atoms with Crippen LogP contribution in [-0.4, -0.2) is 36.0 Å². The van der Waals surface area contributed by atoms with E-state index in [1.807, 2.05) is 6.92 Å². The first-order chi connectivity index (χ1) is 8.16. The molecule has 0 radical (unpaired) electrons. The number of nitrogens with one attached hydrogen (secondary N) is 1. The molecule has 2 aliphatic rings. The molecule has 1 amide bonds. The van der Waals surface area contributed by atoms with Crippen LogP contribution in [0.2, 0.25) is 0 Å². The van der Waals surface area contributed by atoms with E-state index >= 15 is 0 Å². The van der Waals surface area contributed by atoms with Crippen molar-refractivity contribution in [2.45, 2.75) is 64.5 Å². The molecule has 1 aliphatic carbocycles. The van der Waals surface area contributed by atoms with Crippen molar-refractivity contribution in [1.29, 1.82) is 0 Å². The number of hydrogen-bond donors (Lipinski definition) is 1. The molecule has 2 rings (SSSR count). The van der Waals surface area contributed by atoms with Crippen molar-refractivity contribution in [2.75, 3.05) is 13.1 Å². The summed E-state index contributed by atoms with van der Waals surface area (Å²) in [6.07, 6.45) is 7.39. The monoisotopic (exact) mass is 238 g/mol. The minimum absolute atomic E-state index is 0.00519. The Bertz CT molecular complexity index is 253. The first-order valence-electron chi connectivity index (χ1n) is 7.21. The molecule has 0 aromatic carbocycles. The van der Waals surface area contributed by atoms with E-state index in [9.17, 15) is 4.79 Å². The van der Waals surface area contributed by atoms with Gasteiger partial charge in [-0.15, -0.1) is 0 Å². The lowest BCUT2D eigenvalue weighted by atomic mass is 9.81. The van der Waals surface area contributed by atoms with Crippen LogP contribution in [0.5, 0.6) is 0 Å². The quantitative estimate of drug-likeness (QED) is 0.817. The standard InChI is InChI=1S/C14H26N2O/c1-11-9-13(10-11)15-12(2)14(17)16-7-5-3-4-6-8-16/h11-13,15H,3-10H2,1-2H3. The number of likely N-dealkylation sites (tertiary alicyclic amines) is 1. The summed E-state index contributed by atoms with van der Waals surface area (Å²) in [7, 11) is 0. The van der Waals surface area contributed by atoms with Crippen LogP contribution in [-0.2, 0) is 4.79 Å². The van der Waals surface area contributed by atoms with Gasteiger partial charge in [0.15, 0.2) is 0 Å². The molecule has 3 nitrogen and oxygen atoms in total. The lowest BCUT2D eigenvalue weighted by Gasteiger charge is -2.36. The van der Waals surface area contributed by atoms with E-state index in [2.05, 4.69) is 17.1 Å². The Labute approximate surface area is 105 Å². The molecule has 1 aliphatic heterocycles. The van der Waals surface area contributed by atoms with E-state index in [1.165, 1.54) is 38.5 Å². The Morgan fingerprint density at radius 1 is 1.18 bits per heavy atom. The maximum atomic E-state index is 12.3. The zero-order valence-electron chi connectivity index (χ0n) is 11.2. The van der Waals surface area contributed by atoms with Crippen LogP contribution in [0.3, 0.4) is 0 Å². The number of nitrogens with zero attached hydrogens (tertiary/aromatic N) is 1. The molecule has 1 heterocycles. The van der Waals surface area contributed by atoms with E-state index in [-0.39, 0.29) is 6.04 Å². The van der Waals surface area contributed by atoms with Gasteiger partial charge in [-0.1, -0.05) is 19.8 Å². The summed E-state index contributed by atoms with van der Waals surface area (Å²) in [6.45, 7) is 6.23. The van der Waals surface area contributed by atoms with Crippen molar-refractivity contribution in [3.05, 3.63) is 0 Å². The number of rotatable bonds is 3. The molecule has 1 N–H and O–H groups in total. The fourth-order valence-corrected chi connectivity index (χ4v) is 3.03. The van der Waals surface area contributed by atoms with Crippen molar-refractivity contribution in [2.24, 2.45) is 5.92 Å². The van der Waals surface area contributed by atoms with Gasteiger partial charge in [0.05, 0.1) is 6.04 Å². The lowest BCUT2D eigenvalue weighted by Crippen LogP contribution is -2.51. The summed E-state index contributed by atoms with van der Waals surface area (Å²) in [6, 6.07) is 0.585. The number of carbonyl (C=O) groups excluding carboxylic acids is 1. The number of hydrogen-bond acceptors (Lipinski definition) is 2. The zero-order valence-corrected chi connectivity index (χ0v) is 11.2. The summed E-state index contributed by atoms with van der Waals surface area (Å²) in [5.41, 5.74) is 0. The molecule has 98 valence electrons. The summed E-state index contributed by atoms with van der Waals surface area (Å²) in [5.74, 6) is 1.15. The first kappa shape index (κ1) is 12.9. The molecular formula is C14H26N2O. The van der Waals surface area contributed by atoms with E-state index < -0.39 is 0 Å². The Hall–Kier alpha value is -0.570. The summed E-state index contributed by atoms with van der Waals surface area (Å²) < 4.78 is 0. The van der Waals surface area contributed by atoms with Crippen molar-refractivity contribution >= 4 is 5.91 Å². The summed E-state index contributed by atoms with van der Waals surface area (Å²) >= 11 is 0. The molecule has 1 saturated heterocycles. The normalized spacial score (nSPS) is 31.5. The third-order valence-electron chi connectivity index (χ3n) is 4.15. The highest BCUT2D eigenvalue weighted by atomic mass is 16.2. The van der Waals surface area contributed by atoms with Crippen molar-refractivity contribution in [3.8, 4) is 0 Å². The van der Waals surface area contributed by atoms with Crippen LogP contribution < -0.4 is 5.32 Å². The highest BCUT2D eigenvalue weighted by Gasteiger charge is 2.29. The van der Waals surface area contributed by atoms with Crippen LogP contribution in [0.15, 0.2) is 0 Å². The molecule has 0 spiro atoms. The molecule has 1 unspecified atom stereocenters. The average Bonchev–Trinajstić information content (AvgIpc) is 2.54. The molecule has 0 bridgehead atoms. The average molecular weight is 238 g/mol. The Morgan fingerprint density at radius 2 is 1.76 bits per heavy atom. The summed E-state index contributed by atoms with van der Waals surface area (Å²) in [4.78, 5) is 14.3. The predicted octanol–water partition coefficient (Wildman–Crippen LogP) is 2.17. The largest absolute Gasteiger partial charge is 0.341 e. The van der Waals surface area contributed by atoms with E-state index in [0.29, 0.717) is 11.9 Å². The molecule has 17 heavy (non-hydrogen) atoms. The van der Waals surface area contributed by atoms with Crippen LogP contribution in [0.25, 0.3) is 0 Å². The minimum atomic E-state index is 0.00519. The predicted molar refractivity (Wildman–Crippen MR) is 69.8 cm³/mol. The van der Waals surface area contributed by atoms with Gasteiger partial charge in [-0.05, 0) is 38.5 Å². The second kappa shape index (κ2) is 5.85. The molecule has 1 saturated carbocycles. The molecule has 1 atom stereocenters. The van der Waals surface area contributed by atoms with Gasteiger partial charge in [0.2, 0.25) is 5.91 Å². The van der Waals surface area contributed by atoms with Crippen LogP contribution >= 0.6 is 0 Å². The number of carbonyl (C=O) groups is 1. The molecule has 2 fully saturated rings. The topological polar surface area (TPSA) is 32.3 Å². The van der Waals surface area contributed by atoms with Crippen LogP contribution in [0.4, 0.5) is 0 Å². The first-order valence-corrected chi connectivity index (χ1v) is 7.21. The van der Waals surface area contributed by atoms with Gasteiger partial charge in [-0.25, -0.2) is 0 Å². The molecule has 0 aromatic heterocycles. The Morgan fingerprint density at radius 3 is 2.29 bits per heavy atom. The molecule has 3 heteroatoms. The van der Waals surface area contributed by atoms with Crippen molar-refractivity contribution in [1.82, 2.24) is 10.2 Å². The van der Waals surface area contributed by atoms with Gasteiger partial charge in [-0.3, -0.25) is 4.79 Å². The maximum absolute atomic E-state index is 12.3. The fraction of sp³-hybridized carbons (Fsp3) is 0.929. The van der Waals surface area contributed by atoms with E-state index in [1.54, 1.807) is 0 Å². The fourth-order valence-electron chi connectivity index (χ4n) is 3.03. The third-order valence-corrected chi connectivity index (χ3v) is 4.15. The van der Waals surface area contributed by atoms with Gasteiger partial charge in [0.1, 0.15) is 0 Å². The van der Waals surface area contributed by atoms with Gasteiger partial charge in [-0.2, -0.15) is 0 Å². The maximum Gasteiger partial charge on any atom is 0.239 e. The molecule has 0 aromatic rings. The second-order valence-electron chi connectivity index (χ2n) is 5.90. The Balaban J connectivity index is 1.77. The van der Waals surface area contributed by atoms with Gasteiger partial charge >= 0.3 is 0 Å². The smallest absolute Gasteiger partial charge is 0.239 e. The van der Waals surface area contributed by atoms with E-state index in [4.69, 9.17) is 0 Å². The minimum Gasteiger partial charge on any atom is -0.341 e. The summed E-state index contributed by atoms with van der Waals surface area (Å²) in [5, 5.41) is 3.47. The van der Waals surface area contributed by atoms with Gasteiger partial charge < -0.3 is 10.2 Å². The SMILES string of the molecule is CC1CC(NC(C)C(=O)N2CCCCCC2)C1. The van der Waals surface area contributed by atoms with Crippen LogP contribution in [0.1, 0.15) is 52.4 Å². The third kappa shape index (κ3) is 3.44. The highest BCUT2D eigenvalue weighted by molar-refractivity contribution is 5.81. The second-order valence-corrected chi connectivity index (χ2v) is 5.90.